The van der Waals surface area contributed by atoms with Gasteiger partial charge in [-0.3, -0.25) is 14.6 Å². The normalized spacial score (nSPS) is 18.8. The monoisotopic (exact) mass is 384 g/mol. The molecule has 7 nitrogen and oxygen atoms in total. The molecule has 0 radical (unpaired) electrons. The summed E-state index contributed by atoms with van der Waals surface area (Å²) in [6, 6.07) is 5.95. The van der Waals surface area contributed by atoms with Gasteiger partial charge in [-0.25, -0.2) is 4.39 Å². The minimum atomic E-state index is -0.491. The highest BCUT2D eigenvalue weighted by Gasteiger charge is 2.40. The summed E-state index contributed by atoms with van der Waals surface area (Å²) in [6.45, 7) is 1.48. The first-order chi connectivity index (χ1) is 13.4. The number of benzene rings is 1. The molecule has 2 aliphatic rings. The number of carbonyl (C=O) groups is 2. The number of likely N-dealkylation sites (tertiary alicyclic amines) is 1. The Bertz CT molecular complexity index is 913. The highest BCUT2D eigenvalue weighted by atomic mass is 19.1. The van der Waals surface area contributed by atoms with E-state index >= 15 is 0 Å². The third kappa shape index (κ3) is 3.68. The average molecular weight is 384 g/mol. The number of morpholine rings is 1. The van der Waals surface area contributed by atoms with Crippen LogP contribution in [0.5, 0.6) is 0 Å². The number of nitrogens with two attached hydrogens (primary N) is 1. The van der Waals surface area contributed by atoms with Gasteiger partial charge in [-0.1, -0.05) is 0 Å². The van der Waals surface area contributed by atoms with Gasteiger partial charge in [0.15, 0.2) is 0 Å². The summed E-state index contributed by atoms with van der Waals surface area (Å²) < 4.78 is 19.9. The number of rotatable bonds is 2. The van der Waals surface area contributed by atoms with Gasteiger partial charge >= 0.3 is 0 Å². The molecular formula is C20H21FN4O3. The number of amides is 2. The van der Waals surface area contributed by atoms with Crippen LogP contribution in [0, 0.1) is 5.82 Å². The van der Waals surface area contributed by atoms with E-state index in [4.69, 9.17) is 10.5 Å². The first-order valence-electron chi connectivity index (χ1n) is 9.16. The Morgan fingerprint density at radius 3 is 2.64 bits per heavy atom. The smallest absolute Gasteiger partial charge is 0.253 e. The second-order valence-electron chi connectivity index (χ2n) is 7.28. The number of pyridine rings is 1. The van der Waals surface area contributed by atoms with Gasteiger partial charge in [0.1, 0.15) is 12.4 Å². The largest absolute Gasteiger partial charge is 0.397 e. The number of aromatic nitrogens is 1. The molecule has 1 aromatic heterocycles. The number of hydrogen-bond donors (Lipinski definition) is 2. The van der Waals surface area contributed by atoms with Crippen molar-refractivity contribution in [3.8, 4) is 11.1 Å². The van der Waals surface area contributed by atoms with Crippen molar-refractivity contribution in [2.24, 2.45) is 0 Å². The second kappa shape index (κ2) is 7.20. The number of piperidine rings is 1. The first-order valence-corrected chi connectivity index (χ1v) is 9.16. The fraction of sp³-hybridized carbons (Fsp3) is 0.350. The molecule has 0 saturated carbocycles. The third-order valence-electron chi connectivity index (χ3n) is 5.32. The number of nitrogens with zero attached hydrogens (tertiary/aromatic N) is 2. The maximum Gasteiger partial charge on any atom is 0.253 e. The lowest BCUT2D eigenvalue weighted by atomic mass is 9.89. The van der Waals surface area contributed by atoms with Gasteiger partial charge in [-0.2, -0.15) is 0 Å². The molecule has 0 unspecified atom stereocenters. The zero-order chi connectivity index (χ0) is 19.7. The molecule has 2 amide bonds. The van der Waals surface area contributed by atoms with Crippen LogP contribution >= 0.6 is 0 Å². The SMILES string of the molecule is Nc1cncc(-c2cc(F)cc(C(=O)N3CCC4(CC3)CNC(=O)CO4)c2)c1. The number of carbonyl (C=O) groups excluding carboxylic acids is 2. The Morgan fingerprint density at radius 1 is 1.18 bits per heavy atom. The summed E-state index contributed by atoms with van der Waals surface area (Å²) in [7, 11) is 0. The quantitative estimate of drug-likeness (QED) is 0.820. The van der Waals surface area contributed by atoms with Crippen LogP contribution in [0.4, 0.5) is 10.1 Å². The molecule has 2 saturated heterocycles. The zero-order valence-electron chi connectivity index (χ0n) is 15.3. The summed E-state index contributed by atoms with van der Waals surface area (Å²) >= 11 is 0. The van der Waals surface area contributed by atoms with Crippen LogP contribution < -0.4 is 11.1 Å². The molecule has 4 rings (SSSR count). The van der Waals surface area contributed by atoms with Crippen molar-refractivity contribution in [3.63, 3.8) is 0 Å². The Hall–Kier alpha value is -3.00. The molecule has 8 heteroatoms. The van der Waals surface area contributed by atoms with Gasteiger partial charge in [0, 0.05) is 43.2 Å². The molecule has 2 aliphatic heterocycles. The Kier molecular flexibility index (Phi) is 4.72. The van der Waals surface area contributed by atoms with E-state index in [-0.39, 0.29) is 24.0 Å². The standard InChI is InChI=1S/C20H21FN4O3/c21-16-6-13(15-8-17(22)10-23-9-15)5-14(7-16)19(27)25-3-1-20(2-4-25)12-24-18(26)11-28-20/h5-10H,1-4,11-12,22H2,(H,24,26). The van der Waals surface area contributed by atoms with Crippen LogP contribution in [0.2, 0.25) is 0 Å². The van der Waals surface area contributed by atoms with E-state index in [1.807, 2.05) is 0 Å². The predicted molar refractivity (Wildman–Crippen MR) is 101 cm³/mol. The lowest BCUT2D eigenvalue weighted by Crippen LogP contribution is -2.58. The highest BCUT2D eigenvalue weighted by molar-refractivity contribution is 5.95. The third-order valence-corrected chi connectivity index (χ3v) is 5.32. The number of ether oxygens (including phenoxy) is 1. The Morgan fingerprint density at radius 2 is 1.96 bits per heavy atom. The molecule has 3 heterocycles. The molecule has 0 aliphatic carbocycles. The lowest BCUT2D eigenvalue weighted by Gasteiger charge is -2.43. The second-order valence-corrected chi connectivity index (χ2v) is 7.28. The molecule has 146 valence electrons. The van der Waals surface area contributed by atoms with E-state index in [9.17, 15) is 14.0 Å². The molecule has 0 atom stereocenters. The van der Waals surface area contributed by atoms with Crippen molar-refractivity contribution in [2.75, 3.05) is 32.0 Å². The highest BCUT2D eigenvalue weighted by Crippen LogP contribution is 2.29. The van der Waals surface area contributed by atoms with Crippen molar-refractivity contribution in [2.45, 2.75) is 18.4 Å². The molecule has 1 spiro atoms. The first kappa shape index (κ1) is 18.4. The van der Waals surface area contributed by atoms with Gasteiger partial charge in [0.25, 0.3) is 5.91 Å². The van der Waals surface area contributed by atoms with E-state index in [1.54, 1.807) is 23.2 Å². The number of nitrogen functional groups attached to an aromatic ring is 1. The number of hydrogen-bond acceptors (Lipinski definition) is 5. The zero-order valence-corrected chi connectivity index (χ0v) is 15.3. The Labute approximate surface area is 161 Å². The molecule has 1 aromatic carbocycles. The van der Waals surface area contributed by atoms with E-state index in [0.717, 1.165) is 0 Å². The molecular weight excluding hydrogens is 363 g/mol. The van der Waals surface area contributed by atoms with Crippen LogP contribution in [-0.2, 0) is 9.53 Å². The maximum atomic E-state index is 14.2. The fourth-order valence-electron chi connectivity index (χ4n) is 3.70. The minimum absolute atomic E-state index is 0.0510. The average Bonchev–Trinajstić information content (AvgIpc) is 2.70. The van der Waals surface area contributed by atoms with Gasteiger partial charge in [0.2, 0.25) is 5.91 Å². The van der Waals surface area contributed by atoms with Crippen LogP contribution in [0.3, 0.4) is 0 Å². The van der Waals surface area contributed by atoms with Crippen molar-refractivity contribution >= 4 is 17.5 Å². The minimum Gasteiger partial charge on any atom is -0.397 e. The summed E-state index contributed by atoms with van der Waals surface area (Å²) in [4.78, 5) is 30.0. The topological polar surface area (TPSA) is 97.5 Å². The summed E-state index contributed by atoms with van der Waals surface area (Å²) in [5.41, 5.74) is 7.30. The van der Waals surface area contributed by atoms with E-state index in [1.165, 1.54) is 18.3 Å². The van der Waals surface area contributed by atoms with Gasteiger partial charge in [0.05, 0.1) is 11.3 Å². The van der Waals surface area contributed by atoms with Crippen LogP contribution in [-0.4, -0.2) is 53.5 Å². The molecule has 28 heavy (non-hydrogen) atoms. The number of anilines is 1. The van der Waals surface area contributed by atoms with Crippen molar-refractivity contribution in [1.82, 2.24) is 15.2 Å². The molecule has 0 bridgehead atoms. The van der Waals surface area contributed by atoms with Gasteiger partial charge in [-0.15, -0.1) is 0 Å². The van der Waals surface area contributed by atoms with Crippen molar-refractivity contribution in [1.29, 1.82) is 0 Å². The Balaban J connectivity index is 1.50. The lowest BCUT2D eigenvalue weighted by molar-refractivity contribution is -0.149. The van der Waals surface area contributed by atoms with E-state index in [2.05, 4.69) is 10.3 Å². The van der Waals surface area contributed by atoms with Crippen molar-refractivity contribution in [3.05, 3.63) is 48.0 Å². The van der Waals surface area contributed by atoms with Crippen molar-refractivity contribution < 1.29 is 18.7 Å². The van der Waals surface area contributed by atoms with Crippen LogP contribution in [0.25, 0.3) is 11.1 Å². The van der Waals surface area contributed by atoms with Gasteiger partial charge < -0.3 is 20.7 Å². The number of halogens is 1. The van der Waals surface area contributed by atoms with E-state index in [0.29, 0.717) is 49.3 Å². The maximum absolute atomic E-state index is 14.2. The van der Waals surface area contributed by atoms with E-state index < -0.39 is 11.4 Å². The number of nitrogens with one attached hydrogen (secondary N) is 1. The molecule has 3 N–H and O–H groups in total. The van der Waals surface area contributed by atoms with Crippen LogP contribution in [0.15, 0.2) is 36.7 Å². The summed E-state index contributed by atoms with van der Waals surface area (Å²) in [6.07, 6.45) is 4.34. The predicted octanol–water partition coefficient (Wildman–Crippen LogP) is 1.59. The fourth-order valence-corrected chi connectivity index (χ4v) is 3.70. The van der Waals surface area contributed by atoms with Crippen LogP contribution in [0.1, 0.15) is 23.2 Å². The summed E-state index contributed by atoms with van der Waals surface area (Å²) in [5, 5.41) is 2.82. The molecule has 2 aromatic rings. The molecule has 2 fully saturated rings. The van der Waals surface area contributed by atoms with Gasteiger partial charge in [-0.05, 0) is 42.7 Å². The summed E-state index contributed by atoms with van der Waals surface area (Å²) in [5.74, 6) is -0.838.